The van der Waals surface area contributed by atoms with E-state index in [1.807, 2.05) is 0 Å². The Hall–Kier alpha value is -1.66. The Morgan fingerprint density at radius 3 is 2.76 bits per heavy atom. The van der Waals surface area contributed by atoms with E-state index < -0.39 is 12.1 Å². The molecular formula is C11H15NO5. The molecular weight excluding hydrogens is 226 g/mol. The van der Waals surface area contributed by atoms with Gasteiger partial charge in [-0.3, -0.25) is 0 Å². The van der Waals surface area contributed by atoms with Crippen LogP contribution in [-0.4, -0.2) is 47.6 Å². The van der Waals surface area contributed by atoms with Gasteiger partial charge in [0.1, 0.15) is 12.7 Å². The maximum atomic E-state index is 10.9. The molecule has 0 bridgehead atoms. The molecule has 1 heterocycles. The Kier molecular flexibility index (Phi) is 4.86. The van der Waals surface area contributed by atoms with E-state index in [4.69, 9.17) is 14.6 Å². The summed E-state index contributed by atoms with van der Waals surface area (Å²) >= 11 is 0. The van der Waals surface area contributed by atoms with Crippen LogP contribution in [0.3, 0.4) is 0 Å². The number of methoxy groups -OCH3 is 1. The zero-order valence-electron chi connectivity index (χ0n) is 9.71. The highest BCUT2D eigenvalue weighted by atomic mass is 16.5. The molecule has 0 amide bonds. The minimum Gasteiger partial charge on any atom is -0.488 e. The average molecular weight is 241 g/mol. The summed E-state index contributed by atoms with van der Waals surface area (Å²) in [5.74, 6) is -1.02. The van der Waals surface area contributed by atoms with Gasteiger partial charge in [0.2, 0.25) is 0 Å². The van der Waals surface area contributed by atoms with Gasteiger partial charge in [0.05, 0.1) is 6.61 Å². The Morgan fingerprint density at radius 2 is 2.18 bits per heavy atom. The molecule has 1 atom stereocenters. The lowest BCUT2D eigenvalue weighted by molar-refractivity contribution is 0.0317. The first-order valence-corrected chi connectivity index (χ1v) is 5.05. The summed E-state index contributed by atoms with van der Waals surface area (Å²) in [5.41, 5.74) is 0.432. The van der Waals surface area contributed by atoms with E-state index >= 15 is 0 Å². The first-order valence-electron chi connectivity index (χ1n) is 5.05. The maximum absolute atomic E-state index is 10.9. The van der Waals surface area contributed by atoms with Crippen LogP contribution in [0.1, 0.15) is 16.2 Å². The number of rotatable bonds is 6. The van der Waals surface area contributed by atoms with Crippen LogP contribution in [0, 0.1) is 6.92 Å². The summed E-state index contributed by atoms with van der Waals surface area (Å²) in [6.07, 6.45) is -0.803. The number of ether oxygens (including phenoxy) is 2. The van der Waals surface area contributed by atoms with Crippen LogP contribution in [0.25, 0.3) is 0 Å². The van der Waals surface area contributed by atoms with E-state index in [-0.39, 0.29) is 24.7 Å². The molecule has 1 aromatic heterocycles. The fraction of sp³-hybridized carbons (Fsp3) is 0.455. The number of aromatic nitrogens is 1. The molecule has 0 aliphatic carbocycles. The summed E-state index contributed by atoms with van der Waals surface area (Å²) in [5, 5.41) is 18.3. The number of carboxylic acids is 1. The van der Waals surface area contributed by atoms with Gasteiger partial charge in [-0.1, -0.05) is 0 Å². The first-order chi connectivity index (χ1) is 8.04. The number of aliphatic hydroxyl groups is 1. The van der Waals surface area contributed by atoms with Crippen LogP contribution in [0.5, 0.6) is 5.75 Å². The standard InChI is InChI=1S/C11H15NO5/c1-7-3-4-9(10(12-7)11(14)15)17-6-8(13)5-16-2/h3-4,8,13H,5-6H2,1-2H3,(H,14,15). The van der Waals surface area contributed by atoms with Crippen LogP contribution in [0.4, 0.5) is 0 Å². The normalized spacial score (nSPS) is 12.2. The van der Waals surface area contributed by atoms with Gasteiger partial charge in [-0.05, 0) is 19.1 Å². The van der Waals surface area contributed by atoms with E-state index in [0.29, 0.717) is 5.69 Å². The van der Waals surface area contributed by atoms with Crippen molar-refractivity contribution < 1.29 is 24.5 Å². The maximum Gasteiger partial charge on any atom is 0.358 e. The number of aromatic carboxylic acids is 1. The molecule has 2 N–H and O–H groups in total. The van der Waals surface area contributed by atoms with E-state index in [2.05, 4.69) is 4.98 Å². The second-order valence-corrected chi connectivity index (χ2v) is 3.52. The molecule has 94 valence electrons. The van der Waals surface area contributed by atoms with E-state index in [0.717, 1.165) is 0 Å². The lowest BCUT2D eigenvalue weighted by atomic mass is 10.3. The van der Waals surface area contributed by atoms with Crippen molar-refractivity contribution in [3.8, 4) is 5.75 Å². The number of aryl methyl sites for hydroxylation is 1. The molecule has 0 saturated carbocycles. The molecule has 0 saturated heterocycles. The molecule has 0 aliphatic heterocycles. The second kappa shape index (κ2) is 6.17. The monoisotopic (exact) mass is 241 g/mol. The third-order valence-electron chi connectivity index (χ3n) is 1.99. The van der Waals surface area contributed by atoms with Crippen molar-refractivity contribution in [2.45, 2.75) is 13.0 Å². The number of nitrogens with zero attached hydrogens (tertiary/aromatic N) is 1. The largest absolute Gasteiger partial charge is 0.488 e. The molecule has 0 spiro atoms. The van der Waals surface area contributed by atoms with Crippen molar-refractivity contribution in [3.63, 3.8) is 0 Å². The molecule has 0 radical (unpaired) electrons. The SMILES string of the molecule is COCC(O)COc1ccc(C)nc1C(=O)O. The molecule has 1 rings (SSSR count). The third kappa shape index (κ3) is 4.01. The van der Waals surface area contributed by atoms with E-state index in [1.54, 1.807) is 13.0 Å². The highest BCUT2D eigenvalue weighted by molar-refractivity contribution is 5.88. The number of aliphatic hydroxyl groups excluding tert-OH is 1. The van der Waals surface area contributed by atoms with Crippen molar-refractivity contribution >= 4 is 5.97 Å². The first kappa shape index (κ1) is 13.4. The molecule has 0 aromatic carbocycles. The van der Waals surface area contributed by atoms with Gasteiger partial charge >= 0.3 is 5.97 Å². The lowest BCUT2D eigenvalue weighted by Crippen LogP contribution is -2.23. The van der Waals surface area contributed by atoms with Crippen LogP contribution in [0.15, 0.2) is 12.1 Å². The van der Waals surface area contributed by atoms with Gasteiger partial charge < -0.3 is 19.7 Å². The van der Waals surface area contributed by atoms with Crippen LogP contribution >= 0.6 is 0 Å². The number of hydrogen-bond donors (Lipinski definition) is 2. The average Bonchev–Trinajstić information content (AvgIpc) is 2.27. The Balaban J connectivity index is 2.73. The predicted molar refractivity (Wildman–Crippen MR) is 59.3 cm³/mol. The zero-order valence-corrected chi connectivity index (χ0v) is 9.71. The third-order valence-corrected chi connectivity index (χ3v) is 1.99. The van der Waals surface area contributed by atoms with Crippen LogP contribution in [-0.2, 0) is 4.74 Å². The van der Waals surface area contributed by atoms with Crippen molar-refractivity contribution in [2.24, 2.45) is 0 Å². The minimum atomic E-state index is -1.16. The highest BCUT2D eigenvalue weighted by Gasteiger charge is 2.14. The number of pyridine rings is 1. The Bertz CT molecular complexity index is 393. The number of carboxylic acid groups (broad SMARTS) is 1. The van der Waals surface area contributed by atoms with Crippen molar-refractivity contribution in [3.05, 3.63) is 23.5 Å². The van der Waals surface area contributed by atoms with Gasteiger partial charge in [-0.25, -0.2) is 9.78 Å². The topological polar surface area (TPSA) is 88.9 Å². The minimum absolute atomic E-state index is 0.0428. The number of carbonyl (C=O) groups is 1. The molecule has 6 heteroatoms. The summed E-state index contributed by atoms with van der Waals surface area (Å²) in [6, 6.07) is 3.16. The fourth-order valence-corrected chi connectivity index (χ4v) is 1.24. The van der Waals surface area contributed by atoms with Gasteiger partial charge in [0, 0.05) is 12.8 Å². The molecule has 0 aliphatic rings. The number of hydrogen-bond acceptors (Lipinski definition) is 5. The Labute approximate surface area is 98.8 Å². The Morgan fingerprint density at radius 1 is 1.47 bits per heavy atom. The molecule has 17 heavy (non-hydrogen) atoms. The van der Waals surface area contributed by atoms with Crippen molar-refractivity contribution in [1.29, 1.82) is 0 Å². The van der Waals surface area contributed by atoms with Gasteiger partial charge in [0.15, 0.2) is 11.4 Å². The molecule has 1 unspecified atom stereocenters. The van der Waals surface area contributed by atoms with Gasteiger partial charge in [-0.15, -0.1) is 0 Å². The highest BCUT2D eigenvalue weighted by Crippen LogP contribution is 2.17. The van der Waals surface area contributed by atoms with E-state index in [9.17, 15) is 9.90 Å². The van der Waals surface area contributed by atoms with Crippen molar-refractivity contribution in [1.82, 2.24) is 4.98 Å². The summed E-state index contributed by atoms with van der Waals surface area (Å²) in [6.45, 7) is 1.77. The zero-order chi connectivity index (χ0) is 12.8. The van der Waals surface area contributed by atoms with E-state index in [1.165, 1.54) is 13.2 Å². The van der Waals surface area contributed by atoms with Crippen LogP contribution in [0.2, 0.25) is 0 Å². The molecule has 6 nitrogen and oxygen atoms in total. The second-order valence-electron chi connectivity index (χ2n) is 3.52. The quantitative estimate of drug-likeness (QED) is 0.752. The molecule has 1 aromatic rings. The lowest BCUT2D eigenvalue weighted by Gasteiger charge is -2.12. The summed E-state index contributed by atoms with van der Waals surface area (Å²) < 4.78 is 9.92. The molecule has 0 fully saturated rings. The fourth-order valence-electron chi connectivity index (χ4n) is 1.24. The van der Waals surface area contributed by atoms with Gasteiger partial charge in [0.25, 0.3) is 0 Å². The van der Waals surface area contributed by atoms with Gasteiger partial charge in [-0.2, -0.15) is 0 Å². The smallest absolute Gasteiger partial charge is 0.358 e. The summed E-state index contributed by atoms with van der Waals surface area (Å²) in [7, 11) is 1.46. The van der Waals surface area contributed by atoms with Crippen molar-refractivity contribution in [2.75, 3.05) is 20.3 Å². The van der Waals surface area contributed by atoms with Crippen LogP contribution < -0.4 is 4.74 Å². The predicted octanol–water partition coefficient (Wildman–Crippen LogP) is 0.474. The summed E-state index contributed by atoms with van der Waals surface area (Å²) in [4.78, 5) is 14.8.